The number of furan rings is 1. The molecule has 1 heterocycles. The second-order valence-corrected chi connectivity index (χ2v) is 3.74. The molecule has 2 N–H and O–H groups in total. The summed E-state index contributed by atoms with van der Waals surface area (Å²) in [5.74, 6) is 0.472. The van der Waals surface area contributed by atoms with Gasteiger partial charge in [0.15, 0.2) is 0 Å². The number of amides is 1. The smallest absolute Gasteiger partial charge is 0.269 e. The van der Waals surface area contributed by atoms with Gasteiger partial charge in [0.25, 0.3) is 5.69 Å². The summed E-state index contributed by atoms with van der Waals surface area (Å²) in [4.78, 5) is 20.6. The second-order valence-electron chi connectivity index (χ2n) is 3.74. The van der Waals surface area contributed by atoms with E-state index in [9.17, 15) is 14.9 Å². The van der Waals surface area contributed by atoms with Gasteiger partial charge in [-0.1, -0.05) is 0 Å². The molecule has 0 aliphatic heterocycles. The number of benzene rings is 1. The zero-order valence-electron chi connectivity index (χ0n) is 9.78. The van der Waals surface area contributed by atoms with E-state index < -0.39 is 10.8 Å². The Morgan fingerprint density at radius 3 is 2.47 bits per heavy atom. The molecule has 2 rings (SSSR count). The molecule has 1 aromatic heterocycles. The second kappa shape index (κ2) is 5.18. The third kappa shape index (κ3) is 3.06. The predicted octanol–water partition coefficient (Wildman–Crippen LogP) is 2.35. The van der Waals surface area contributed by atoms with E-state index in [0.29, 0.717) is 17.1 Å². The Kier molecular flexibility index (Phi) is 3.42. The molecular formula is C13H10N2O4. The van der Waals surface area contributed by atoms with Crippen LogP contribution in [0.2, 0.25) is 0 Å². The molecule has 6 heteroatoms. The van der Waals surface area contributed by atoms with Crippen LogP contribution >= 0.6 is 0 Å². The standard InChI is InChI=1S/C13H10N2O4/c14-13(16)8-6-11-5-7-12(19-11)9-1-3-10(4-2-9)15(17)18/h1-8H,(H2,14,16)/b8-6+. The first-order valence-electron chi connectivity index (χ1n) is 5.38. The lowest BCUT2D eigenvalue weighted by Gasteiger charge is -1.96. The van der Waals surface area contributed by atoms with Gasteiger partial charge >= 0.3 is 0 Å². The third-order valence-corrected chi connectivity index (χ3v) is 2.40. The molecule has 0 aliphatic rings. The highest BCUT2D eigenvalue weighted by atomic mass is 16.6. The Hall–Kier alpha value is -2.89. The van der Waals surface area contributed by atoms with Crippen molar-refractivity contribution in [3.8, 4) is 11.3 Å². The van der Waals surface area contributed by atoms with Crippen molar-refractivity contribution in [2.24, 2.45) is 5.73 Å². The third-order valence-electron chi connectivity index (χ3n) is 2.40. The van der Waals surface area contributed by atoms with Gasteiger partial charge in [-0.15, -0.1) is 0 Å². The zero-order chi connectivity index (χ0) is 13.8. The van der Waals surface area contributed by atoms with Crippen LogP contribution in [0.25, 0.3) is 17.4 Å². The summed E-state index contributed by atoms with van der Waals surface area (Å²) in [5, 5.41) is 10.5. The highest BCUT2D eigenvalue weighted by Crippen LogP contribution is 2.24. The van der Waals surface area contributed by atoms with E-state index in [2.05, 4.69) is 0 Å². The molecule has 1 aromatic carbocycles. The highest BCUT2D eigenvalue weighted by molar-refractivity contribution is 5.89. The first-order valence-corrected chi connectivity index (χ1v) is 5.38. The Labute approximate surface area is 108 Å². The van der Waals surface area contributed by atoms with E-state index in [1.807, 2.05) is 0 Å². The molecular weight excluding hydrogens is 248 g/mol. The summed E-state index contributed by atoms with van der Waals surface area (Å²) in [6.07, 6.45) is 2.65. The first kappa shape index (κ1) is 12.6. The van der Waals surface area contributed by atoms with E-state index in [1.165, 1.54) is 24.3 Å². The van der Waals surface area contributed by atoms with E-state index in [4.69, 9.17) is 10.2 Å². The Balaban J connectivity index is 2.23. The molecule has 96 valence electrons. The summed E-state index contributed by atoms with van der Waals surface area (Å²) < 4.78 is 5.46. The number of primary amides is 1. The fraction of sp³-hybridized carbons (Fsp3) is 0. The van der Waals surface area contributed by atoms with Crippen LogP contribution in [0.4, 0.5) is 5.69 Å². The molecule has 19 heavy (non-hydrogen) atoms. The SMILES string of the molecule is NC(=O)/C=C/c1ccc(-c2ccc([N+](=O)[O-])cc2)o1. The number of hydrogen-bond donors (Lipinski definition) is 1. The van der Waals surface area contributed by atoms with Crippen molar-refractivity contribution in [1.29, 1.82) is 0 Å². The normalized spacial score (nSPS) is 10.7. The molecule has 1 amide bonds. The minimum atomic E-state index is -0.562. The van der Waals surface area contributed by atoms with Crippen LogP contribution in [0.3, 0.4) is 0 Å². The quantitative estimate of drug-likeness (QED) is 0.516. The minimum absolute atomic E-state index is 0.0177. The van der Waals surface area contributed by atoms with E-state index in [1.54, 1.807) is 24.3 Å². The number of carbonyl (C=O) groups excluding carboxylic acids is 1. The van der Waals surface area contributed by atoms with Crippen LogP contribution < -0.4 is 5.73 Å². The van der Waals surface area contributed by atoms with Gasteiger partial charge in [0.05, 0.1) is 4.92 Å². The molecule has 2 aromatic rings. The fourth-order valence-corrected chi connectivity index (χ4v) is 1.51. The summed E-state index contributed by atoms with van der Waals surface area (Å²) in [5.41, 5.74) is 5.70. The van der Waals surface area contributed by atoms with Gasteiger partial charge in [-0.2, -0.15) is 0 Å². The van der Waals surface area contributed by atoms with Crippen molar-refractivity contribution >= 4 is 17.7 Å². The van der Waals surface area contributed by atoms with Crippen molar-refractivity contribution in [3.63, 3.8) is 0 Å². The van der Waals surface area contributed by atoms with Crippen molar-refractivity contribution in [2.75, 3.05) is 0 Å². The summed E-state index contributed by atoms with van der Waals surface area (Å²) in [7, 11) is 0. The van der Waals surface area contributed by atoms with E-state index in [-0.39, 0.29) is 5.69 Å². The topological polar surface area (TPSA) is 99.4 Å². The van der Waals surface area contributed by atoms with Crippen LogP contribution in [0.5, 0.6) is 0 Å². The number of nitrogens with two attached hydrogens (primary N) is 1. The van der Waals surface area contributed by atoms with Crippen molar-refractivity contribution in [1.82, 2.24) is 0 Å². The van der Waals surface area contributed by atoms with Gasteiger partial charge in [0.1, 0.15) is 11.5 Å². The Morgan fingerprint density at radius 2 is 1.89 bits per heavy atom. The number of nitrogens with zero attached hydrogens (tertiary/aromatic N) is 1. The lowest BCUT2D eigenvalue weighted by molar-refractivity contribution is -0.384. The van der Waals surface area contributed by atoms with Gasteiger partial charge in [0.2, 0.25) is 5.91 Å². The van der Waals surface area contributed by atoms with Crippen molar-refractivity contribution < 1.29 is 14.1 Å². The molecule has 6 nitrogen and oxygen atoms in total. The van der Waals surface area contributed by atoms with Crippen LogP contribution in [0.15, 0.2) is 46.9 Å². The molecule has 0 saturated heterocycles. The van der Waals surface area contributed by atoms with Crippen LogP contribution in [0, 0.1) is 10.1 Å². The number of nitro benzene ring substituents is 1. The molecule has 0 aliphatic carbocycles. The molecule has 0 spiro atoms. The van der Waals surface area contributed by atoms with E-state index in [0.717, 1.165) is 0 Å². The van der Waals surface area contributed by atoms with Gasteiger partial charge in [-0.3, -0.25) is 14.9 Å². The van der Waals surface area contributed by atoms with Gasteiger partial charge in [-0.05, 0) is 30.3 Å². The minimum Gasteiger partial charge on any atom is -0.457 e. The Bertz CT molecular complexity index is 641. The lowest BCUT2D eigenvalue weighted by Crippen LogP contribution is -2.04. The van der Waals surface area contributed by atoms with Gasteiger partial charge in [0, 0.05) is 23.8 Å². The van der Waals surface area contributed by atoms with Gasteiger partial charge < -0.3 is 10.2 Å². The average molecular weight is 258 g/mol. The average Bonchev–Trinajstić information content (AvgIpc) is 2.85. The molecule has 0 fully saturated rings. The number of rotatable bonds is 4. The summed E-state index contributed by atoms with van der Waals surface area (Å²) >= 11 is 0. The highest BCUT2D eigenvalue weighted by Gasteiger charge is 2.07. The number of hydrogen-bond acceptors (Lipinski definition) is 4. The van der Waals surface area contributed by atoms with Crippen LogP contribution in [0.1, 0.15) is 5.76 Å². The lowest BCUT2D eigenvalue weighted by atomic mass is 10.1. The molecule has 0 atom stereocenters. The molecule has 0 unspecified atom stereocenters. The molecule has 0 radical (unpaired) electrons. The maximum atomic E-state index is 10.6. The largest absolute Gasteiger partial charge is 0.457 e. The Morgan fingerprint density at radius 1 is 1.21 bits per heavy atom. The van der Waals surface area contributed by atoms with Crippen LogP contribution in [-0.2, 0) is 4.79 Å². The molecule has 0 saturated carbocycles. The number of non-ortho nitro benzene ring substituents is 1. The monoisotopic (exact) mass is 258 g/mol. The summed E-state index contributed by atoms with van der Waals surface area (Å²) in [6.45, 7) is 0. The van der Waals surface area contributed by atoms with Crippen molar-refractivity contribution in [3.05, 3.63) is 58.3 Å². The van der Waals surface area contributed by atoms with Gasteiger partial charge in [-0.25, -0.2) is 0 Å². The van der Waals surface area contributed by atoms with E-state index >= 15 is 0 Å². The maximum absolute atomic E-state index is 10.6. The first-order chi connectivity index (χ1) is 9.06. The van der Waals surface area contributed by atoms with Crippen molar-refractivity contribution in [2.45, 2.75) is 0 Å². The zero-order valence-corrected chi connectivity index (χ0v) is 9.78. The van der Waals surface area contributed by atoms with Crippen LogP contribution in [-0.4, -0.2) is 10.8 Å². The predicted molar refractivity (Wildman–Crippen MR) is 69.0 cm³/mol. The fourth-order valence-electron chi connectivity index (χ4n) is 1.51. The summed E-state index contributed by atoms with van der Waals surface area (Å²) in [6, 6.07) is 9.38. The number of carbonyl (C=O) groups is 1. The molecule has 0 bridgehead atoms. The number of nitro groups is 1. The maximum Gasteiger partial charge on any atom is 0.269 e.